The van der Waals surface area contributed by atoms with Gasteiger partial charge in [0, 0.05) is 25.3 Å². The molecule has 1 unspecified atom stereocenters. The van der Waals surface area contributed by atoms with E-state index in [1.54, 1.807) is 37.9 Å². The zero-order chi connectivity index (χ0) is 34.2. The van der Waals surface area contributed by atoms with Gasteiger partial charge in [-0.15, -0.1) is 11.3 Å². The zero-order valence-corrected chi connectivity index (χ0v) is 28.3. The SMILES string of the molecule is Cc1cc(Oc2ccccc2)ccc1N1C(=O)Nc2c(C(=O)N[C@@H]3CCC(NC(=O)CN(C)C(=O)OC(C)(C)C)C3)sc3nccc1c23. The number of thiophene rings is 1. The Kier molecular flexibility index (Phi) is 8.97. The van der Waals surface area contributed by atoms with Gasteiger partial charge in [-0.05, 0) is 88.9 Å². The van der Waals surface area contributed by atoms with E-state index < -0.39 is 11.7 Å². The van der Waals surface area contributed by atoms with Crippen LogP contribution in [0.25, 0.3) is 10.2 Å². The van der Waals surface area contributed by atoms with Crippen LogP contribution in [0.3, 0.4) is 0 Å². The smallest absolute Gasteiger partial charge is 0.410 e. The highest BCUT2D eigenvalue weighted by molar-refractivity contribution is 7.21. The molecule has 6 rings (SSSR count). The molecule has 5 amide bonds. The average Bonchev–Trinajstić information content (AvgIpc) is 3.62. The first kappa shape index (κ1) is 32.8. The summed E-state index contributed by atoms with van der Waals surface area (Å²) in [7, 11) is 1.51. The van der Waals surface area contributed by atoms with Gasteiger partial charge in [0.05, 0.1) is 22.4 Å². The Labute approximate surface area is 282 Å². The summed E-state index contributed by atoms with van der Waals surface area (Å²) in [6, 6.07) is 16.1. The Balaban J connectivity index is 1.13. The van der Waals surface area contributed by atoms with E-state index in [4.69, 9.17) is 9.47 Å². The lowest BCUT2D eigenvalue weighted by atomic mass is 10.1. The molecule has 4 aromatic rings. The molecule has 48 heavy (non-hydrogen) atoms. The second-order valence-electron chi connectivity index (χ2n) is 13.0. The van der Waals surface area contributed by atoms with Crippen LogP contribution in [0.4, 0.5) is 26.7 Å². The number of aryl methyl sites for hydroxylation is 1. The Bertz CT molecular complexity index is 1890. The quantitative estimate of drug-likeness (QED) is 0.189. The van der Waals surface area contributed by atoms with Crippen molar-refractivity contribution >= 4 is 62.6 Å². The molecule has 2 atom stereocenters. The molecular weight excluding hydrogens is 632 g/mol. The number of urea groups is 1. The summed E-state index contributed by atoms with van der Waals surface area (Å²) in [5, 5.41) is 9.69. The number of hydrogen-bond donors (Lipinski definition) is 3. The number of carbonyl (C=O) groups is 4. The summed E-state index contributed by atoms with van der Waals surface area (Å²) >= 11 is 1.22. The molecule has 250 valence electrons. The predicted molar refractivity (Wildman–Crippen MR) is 184 cm³/mol. The molecule has 2 aromatic heterocycles. The number of likely N-dealkylation sites (N-methyl/N-ethyl adjacent to an activating group) is 1. The fourth-order valence-electron chi connectivity index (χ4n) is 5.94. The molecular formula is C35H38N6O6S. The number of amides is 5. The minimum absolute atomic E-state index is 0.134. The molecule has 0 spiro atoms. The molecule has 0 bridgehead atoms. The molecule has 1 aliphatic carbocycles. The van der Waals surface area contributed by atoms with Gasteiger partial charge in [0.1, 0.15) is 33.4 Å². The van der Waals surface area contributed by atoms with Crippen molar-refractivity contribution in [3.05, 3.63) is 71.2 Å². The lowest BCUT2D eigenvalue weighted by Crippen LogP contribution is -2.44. The molecule has 1 saturated carbocycles. The van der Waals surface area contributed by atoms with Gasteiger partial charge in [-0.2, -0.15) is 0 Å². The zero-order valence-electron chi connectivity index (χ0n) is 27.5. The third-order valence-electron chi connectivity index (χ3n) is 8.06. The normalized spacial score (nSPS) is 17.1. The average molecular weight is 671 g/mol. The summed E-state index contributed by atoms with van der Waals surface area (Å²) in [5.74, 6) is 0.754. The van der Waals surface area contributed by atoms with E-state index in [0.717, 1.165) is 5.56 Å². The fourth-order valence-corrected chi connectivity index (χ4v) is 6.96. The number of aromatic nitrogens is 1. The van der Waals surface area contributed by atoms with E-state index in [2.05, 4.69) is 20.9 Å². The van der Waals surface area contributed by atoms with Crippen molar-refractivity contribution in [2.24, 2.45) is 0 Å². The van der Waals surface area contributed by atoms with E-state index in [0.29, 0.717) is 62.9 Å². The third kappa shape index (κ3) is 7.05. The van der Waals surface area contributed by atoms with Crippen LogP contribution in [0, 0.1) is 6.92 Å². The van der Waals surface area contributed by atoms with E-state index in [-0.39, 0.29) is 36.5 Å². The maximum Gasteiger partial charge on any atom is 0.410 e. The Morgan fingerprint density at radius 3 is 2.46 bits per heavy atom. The molecule has 1 aliphatic heterocycles. The fraction of sp³-hybridized carbons (Fsp3) is 0.343. The predicted octanol–water partition coefficient (Wildman–Crippen LogP) is 6.71. The first-order valence-electron chi connectivity index (χ1n) is 15.8. The van der Waals surface area contributed by atoms with Crippen molar-refractivity contribution in [1.82, 2.24) is 20.5 Å². The topological polar surface area (TPSA) is 142 Å². The number of anilines is 3. The van der Waals surface area contributed by atoms with Gasteiger partial charge in [0.15, 0.2) is 0 Å². The number of carbonyl (C=O) groups excluding carboxylic acids is 4. The molecule has 3 heterocycles. The van der Waals surface area contributed by atoms with E-state index in [9.17, 15) is 19.2 Å². The monoisotopic (exact) mass is 670 g/mol. The van der Waals surface area contributed by atoms with Crippen molar-refractivity contribution in [2.45, 2.75) is 64.6 Å². The van der Waals surface area contributed by atoms with Gasteiger partial charge in [-0.25, -0.2) is 14.6 Å². The van der Waals surface area contributed by atoms with Crippen molar-refractivity contribution in [3.63, 3.8) is 0 Å². The highest BCUT2D eigenvalue weighted by Gasteiger charge is 2.35. The summed E-state index contributed by atoms with van der Waals surface area (Å²) in [4.78, 5) is 60.4. The number of hydrogen-bond acceptors (Lipinski definition) is 8. The van der Waals surface area contributed by atoms with Crippen LogP contribution in [0.1, 0.15) is 55.3 Å². The summed E-state index contributed by atoms with van der Waals surface area (Å²) in [6.07, 6.45) is 2.96. The second kappa shape index (κ2) is 13.1. The van der Waals surface area contributed by atoms with E-state index >= 15 is 0 Å². The number of para-hydroxylation sites is 1. The van der Waals surface area contributed by atoms with Crippen molar-refractivity contribution in [2.75, 3.05) is 23.8 Å². The van der Waals surface area contributed by atoms with Gasteiger partial charge in [0.25, 0.3) is 5.91 Å². The van der Waals surface area contributed by atoms with E-state index in [1.807, 2.05) is 55.5 Å². The molecule has 2 aliphatic rings. The standard InChI is InChI=1S/C35H38N6O6S/c1-20-17-24(46-23-9-7-6-8-10-23)13-14-25(20)41-26-15-16-36-32-28(26)29(39-33(41)44)30(48-32)31(43)38-22-12-11-21(18-22)37-27(42)19-40(5)34(45)47-35(2,3)4/h6-10,13-17,21-22H,11-12,18-19H2,1-5H3,(H,37,42)(H,38,43)(H,39,44)/t21?,22-/m1/s1. The molecule has 3 N–H and O–H groups in total. The van der Waals surface area contributed by atoms with Gasteiger partial charge >= 0.3 is 12.1 Å². The molecule has 0 radical (unpaired) electrons. The minimum atomic E-state index is -0.657. The second-order valence-corrected chi connectivity index (χ2v) is 14.0. The third-order valence-corrected chi connectivity index (χ3v) is 9.16. The molecule has 12 nitrogen and oxygen atoms in total. The number of nitrogens with one attached hydrogen (secondary N) is 3. The van der Waals surface area contributed by atoms with Gasteiger partial charge in [0.2, 0.25) is 5.91 Å². The van der Waals surface area contributed by atoms with Crippen LogP contribution in [0.2, 0.25) is 0 Å². The molecule has 0 saturated heterocycles. The highest BCUT2D eigenvalue weighted by Crippen LogP contribution is 2.46. The van der Waals surface area contributed by atoms with Crippen LogP contribution >= 0.6 is 11.3 Å². The largest absolute Gasteiger partial charge is 0.457 e. The van der Waals surface area contributed by atoms with Crippen molar-refractivity contribution < 1.29 is 28.7 Å². The van der Waals surface area contributed by atoms with E-state index in [1.165, 1.54) is 23.3 Å². The number of rotatable bonds is 8. The van der Waals surface area contributed by atoms with Gasteiger partial charge in [-0.1, -0.05) is 18.2 Å². The van der Waals surface area contributed by atoms with Crippen LogP contribution < -0.4 is 25.6 Å². The van der Waals surface area contributed by atoms with Crippen molar-refractivity contribution in [3.8, 4) is 11.5 Å². The van der Waals surface area contributed by atoms with Crippen molar-refractivity contribution in [1.29, 1.82) is 0 Å². The molecule has 13 heteroatoms. The first-order valence-corrected chi connectivity index (χ1v) is 16.6. The number of benzene rings is 2. The summed E-state index contributed by atoms with van der Waals surface area (Å²) in [5.41, 5.74) is 1.93. The molecule has 1 fully saturated rings. The highest BCUT2D eigenvalue weighted by atomic mass is 32.1. The number of ether oxygens (including phenoxy) is 2. The maximum absolute atomic E-state index is 13.6. The molecule has 2 aromatic carbocycles. The maximum atomic E-state index is 13.6. The Morgan fingerprint density at radius 2 is 1.75 bits per heavy atom. The van der Waals surface area contributed by atoms with Crippen LogP contribution in [-0.4, -0.2) is 65.1 Å². The first-order chi connectivity index (χ1) is 22.9. The Hall–Kier alpha value is -5.17. The van der Waals surface area contributed by atoms with Crippen LogP contribution in [0.5, 0.6) is 11.5 Å². The van der Waals surface area contributed by atoms with Crippen LogP contribution in [0.15, 0.2) is 60.8 Å². The lowest BCUT2D eigenvalue weighted by molar-refractivity contribution is -0.122. The van der Waals surface area contributed by atoms with Gasteiger partial charge < -0.3 is 30.3 Å². The summed E-state index contributed by atoms with van der Waals surface area (Å²) in [6.45, 7) is 7.08. The van der Waals surface area contributed by atoms with Crippen LogP contribution in [-0.2, 0) is 9.53 Å². The number of nitrogens with zero attached hydrogens (tertiary/aromatic N) is 3. The summed E-state index contributed by atoms with van der Waals surface area (Å²) < 4.78 is 11.3. The Morgan fingerprint density at radius 1 is 1.02 bits per heavy atom. The lowest BCUT2D eigenvalue weighted by Gasteiger charge is -2.29. The number of pyridine rings is 1. The minimum Gasteiger partial charge on any atom is -0.457 e. The van der Waals surface area contributed by atoms with Gasteiger partial charge in [-0.3, -0.25) is 14.5 Å².